The van der Waals surface area contributed by atoms with Crippen LogP contribution in [0.1, 0.15) is 80.6 Å². The third-order valence-electron chi connectivity index (χ3n) is 7.25. The normalized spacial score (nSPS) is 18.0. The molecule has 1 fully saturated rings. The summed E-state index contributed by atoms with van der Waals surface area (Å²) in [5.41, 5.74) is 0.458. The van der Waals surface area contributed by atoms with Crippen molar-refractivity contribution in [2.75, 3.05) is 26.7 Å². The zero-order valence-corrected chi connectivity index (χ0v) is 24.7. The summed E-state index contributed by atoms with van der Waals surface area (Å²) in [4.78, 5) is 45.6. The van der Waals surface area contributed by atoms with Gasteiger partial charge in [-0.15, -0.1) is 0 Å². The van der Waals surface area contributed by atoms with Crippen LogP contribution in [-0.2, 0) is 14.4 Å². The van der Waals surface area contributed by atoms with Gasteiger partial charge in [-0.3, -0.25) is 19.3 Å². The molecule has 3 amide bonds. The van der Waals surface area contributed by atoms with Crippen LogP contribution in [0.2, 0.25) is 0 Å². The Morgan fingerprint density at radius 2 is 1.58 bits per heavy atom. The Labute approximate surface area is 229 Å². The van der Waals surface area contributed by atoms with Gasteiger partial charge in [0.1, 0.15) is 6.04 Å². The molecule has 212 valence electrons. The Balaban J connectivity index is 3.13. The molecule has 0 unspecified atom stereocenters. The molecule has 0 aliphatic carbocycles. The van der Waals surface area contributed by atoms with Gasteiger partial charge >= 0.3 is 0 Å². The minimum absolute atomic E-state index is 0.0108. The van der Waals surface area contributed by atoms with E-state index in [0.29, 0.717) is 5.57 Å². The summed E-state index contributed by atoms with van der Waals surface area (Å²) in [5, 5.41) is 21.0. The molecular weight excluding hydrogens is 480 g/mol. The number of nitrogens with one attached hydrogen (secondary N) is 1. The standard InChI is InChI=1S/C29H48N6O3/c1-20(2)25(19-23(7)28(37)34(16-11-14-30)17-12-15-31)33(8)29(38)26(21(3)4)32-27(36)24-13-9-10-18-35(24)22(5)6/h19-22,24-26H,9-13,16-18H2,1-8H3,(H,32,36)/b23-19+/t24-,25-,26+/m1/s1. The highest BCUT2D eigenvalue weighted by Crippen LogP contribution is 2.21. The number of amides is 3. The van der Waals surface area contributed by atoms with E-state index in [4.69, 9.17) is 10.5 Å². The van der Waals surface area contributed by atoms with Crippen molar-refractivity contribution >= 4 is 17.7 Å². The summed E-state index contributed by atoms with van der Waals surface area (Å²) in [6, 6.07) is 3.04. The Hall–Kier alpha value is -2.91. The lowest BCUT2D eigenvalue weighted by Crippen LogP contribution is -2.58. The number of nitriles is 2. The summed E-state index contributed by atoms with van der Waals surface area (Å²) in [6.45, 7) is 15.1. The minimum atomic E-state index is -0.683. The number of carbonyl (C=O) groups excluding carboxylic acids is 3. The molecule has 9 heteroatoms. The molecule has 9 nitrogen and oxygen atoms in total. The second-order valence-corrected chi connectivity index (χ2v) is 11.2. The van der Waals surface area contributed by atoms with E-state index in [2.05, 4.69) is 24.1 Å². The van der Waals surface area contributed by atoms with E-state index in [1.54, 1.807) is 24.9 Å². The van der Waals surface area contributed by atoms with Crippen LogP contribution in [0.4, 0.5) is 0 Å². The second kappa shape index (κ2) is 16.1. The van der Waals surface area contributed by atoms with E-state index < -0.39 is 6.04 Å². The molecule has 0 aromatic heterocycles. The van der Waals surface area contributed by atoms with Gasteiger partial charge in [0.25, 0.3) is 0 Å². The van der Waals surface area contributed by atoms with Crippen LogP contribution in [0.3, 0.4) is 0 Å². The smallest absolute Gasteiger partial charge is 0.249 e. The maximum atomic E-state index is 13.7. The van der Waals surface area contributed by atoms with Crippen LogP contribution in [0.15, 0.2) is 11.6 Å². The summed E-state index contributed by atoms with van der Waals surface area (Å²) < 4.78 is 0. The van der Waals surface area contributed by atoms with Gasteiger partial charge in [-0.1, -0.05) is 40.2 Å². The predicted molar refractivity (Wildman–Crippen MR) is 148 cm³/mol. The molecule has 0 radical (unpaired) electrons. The molecule has 3 atom stereocenters. The van der Waals surface area contributed by atoms with Gasteiger partial charge in [-0.25, -0.2) is 0 Å². The SMILES string of the molecule is C/C(=C\[C@H](C(C)C)N(C)C(=O)[C@@H](NC(=O)[C@H]1CCCCN1C(C)C)C(C)C)C(=O)N(CCC#N)CCC#N. The first kappa shape index (κ1) is 33.1. The second-order valence-electron chi connectivity index (χ2n) is 11.2. The number of likely N-dealkylation sites (tertiary alicyclic amines) is 1. The predicted octanol–water partition coefficient (Wildman–Crippen LogP) is 3.48. The lowest BCUT2D eigenvalue weighted by Gasteiger charge is -2.39. The quantitative estimate of drug-likeness (QED) is 0.366. The first-order chi connectivity index (χ1) is 17.9. The summed E-state index contributed by atoms with van der Waals surface area (Å²) in [6.07, 6.45) is 5.00. The fraction of sp³-hybridized carbons (Fsp3) is 0.759. The lowest BCUT2D eigenvalue weighted by atomic mass is 9.95. The molecule has 0 bridgehead atoms. The number of piperidine rings is 1. The summed E-state index contributed by atoms with van der Waals surface area (Å²) in [5.74, 6) is -0.649. The lowest BCUT2D eigenvalue weighted by molar-refractivity contribution is -0.140. The maximum absolute atomic E-state index is 13.7. The zero-order chi connectivity index (χ0) is 29.0. The first-order valence-corrected chi connectivity index (χ1v) is 13.9. The highest BCUT2D eigenvalue weighted by Gasteiger charge is 2.36. The summed E-state index contributed by atoms with van der Waals surface area (Å²) in [7, 11) is 1.72. The van der Waals surface area contributed by atoms with Crippen molar-refractivity contribution in [2.24, 2.45) is 11.8 Å². The number of hydrogen-bond donors (Lipinski definition) is 1. The Morgan fingerprint density at radius 3 is 2.05 bits per heavy atom. The van der Waals surface area contributed by atoms with Gasteiger partial charge in [-0.05, 0) is 52.0 Å². The highest BCUT2D eigenvalue weighted by atomic mass is 16.2. The van der Waals surface area contributed by atoms with E-state index >= 15 is 0 Å². The fourth-order valence-electron chi connectivity index (χ4n) is 5.00. The van der Waals surface area contributed by atoms with Crippen molar-refractivity contribution in [3.63, 3.8) is 0 Å². The van der Waals surface area contributed by atoms with Gasteiger partial charge in [0.2, 0.25) is 17.7 Å². The number of carbonyl (C=O) groups is 3. The monoisotopic (exact) mass is 528 g/mol. The maximum Gasteiger partial charge on any atom is 0.249 e. The molecule has 38 heavy (non-hydrogen) atoms. The molecule has 1 saturated heterocycles. The topological polar surface area (TPSA) is 121 Å². The van der Waals surface area contributed by atoms with Crippen molar-refractivity contribution in [3.8, 4) is 12.1 Å². The van der Waals surface area contributed by atoms with Crippen LogP contribution < -0.4 is 5.32 Å². The number of likely N-dealkylation sites (N-methyl/N-ethyl adjacent to an activating group) is 1. The van der Waals surface area contributed by atoms with E-state index in [0.717, 1.165) is 25.8 Å². The zero-order valence-electron chi connectivity index (χ0n) is 24.7. The van der Waals surface area contributed by atoms with E-state index in [1.165, 1.54) is 4.90 Å². The fourth-order valence-corrected chi connectivity index (χ4v) is 5.00. The average Bonchev–Trinajstić information content (AvgIpc) is 2.88. The van der Waals surface area contributed by atoms with Gasteiger partial charge in [0.15, 0.2) is 0 Å². The molecular formula is C29H48N6O3. The molecule has 0 aromatic carbocycles. The largest absolute Gasteiger partial charge is 0.343 e. The number of nitrogens with zero attached hydrogens (tertiary/aromatic N) is 5. The van der Waals surface area contributed by atoms with E-state index in [-0.39, 0.29) is 73.6 Å². The molecule has 0 aromatic rings. The van der Waals surface area contributed by atoms with Crippen molar-refractivity contribution in [3.05, 3.63) is 11.6 Å². The van der Waals surface area contributed by atoms with Gasteiger partial charge in [-0.2, -0.15) is 10.5 Å². The molecule has 1 N–H and O–H groups in total. The molecule has 0 saturated carbocycles. The Kier molecular flexibility index (Phi) is 14.1. The van der Waals surface area contributed by atoms with Crippen molar-refractivity contribution in [1.29, 1.82) is 10.5 Å². The average molecular weight is 529 g/mol. The van der Waals surface area contributed by atoms with Gasteiger partial charge in [0, 0.05) is 31.8 Å². The van der Waals surface area contributed by atoms with Crippen LogP contribution in [0.25, 0.3) is 0 Å². The molecule has 1 aliphatic heterocycles. The molecule has 1 aliphatic rings. The molecule has 1 heterocycles. The van der Waals surface area contributed by atoms with Crippen LogP contribution >= 0.6 is 0 Å². The molecule has 0 spiro atoms. The Morgan fingerprint density at radius 1 is 1.00 bits per heavy atom. The third-order valence-corrected chi connectivity index (χ3v) is 7.25. The van der Waals surface area contributed by atoms with Crippen LogP contribution in [0, 0.1) is 34.5 Å². The van der Waals surface area contributed by atoms with E-state index in [9.17, 15) is 14.4 Å². The van der Waals surface area contributed by atoms with Gasteiger partial charge in [0.05, 0.1) is 37.1 Å². The third kappa shape index (κ3) is 9.44. The van der Waals surface area contributed by atoms with Crippen molar-refractivity contribution < 1.29 is 14.4 Å². The van der Waals surface area contributed by atoms with Crippen molar-refractivity contribution in [2.45, 2.75) is 105 Å². The number of hydrogen-bond acceptors (Lipinski definition) is 6. The Bertz CT molecular complexity index is 896. The minimum Gasteiger partial charge on any atom is -0.343 e. The molecule has 1 rings (SSSR count). The highest BCUT2D eigenvalue weighted by molar-refractivity contribution is 5.93. The van der Waals surface area contributed by atoms with Crippen LogP contribution in [0.5, 0.6) is 0 Å². The summed E-state index contributed by atoms with van der Waals surface area (Å²) >= 11 is 0. The van der Waals surface area contributed by atoms with E-state index in [1.807, 2.05) is 39.8 Å². The van der Waals surface area contributed by atoms with Gasteiger partial charge < -0.3 is 15.1 Å². The first-order valence-electron chi connectivity index (χ1n) is 13.9. The number of rotatable bonds is 13. The van der Waals surface area contributed by atoms with Crippen LogP contribution in [-0.4, -0.2) is 83.3 Å². The van der Waals surface area contributed by atoms with Crippen molar-refractivity contribution in [1.82, 2.24) is 20.0 Å².